The van der Waals surface area contributed by atoms with Gasteiger partial charge in [0.1, 0.15) is 11.5 Å². The molecule has 0 spiro atoms. The first-order chi connectivity index (χ1) is 10.1. The van der Waals surface area contributed by atoms with Crippen LogP contribution in [-0.2, 0) is 6.42 Å². The molecule has 1 atom stereocenters. The Labute approximate surface area is 129 Å². The predicted molar refractivity (Wildman–Crippen MR) is 84.9 cm³/mol. The van der Waals surface area contributed by atoms with E-state index in [1.807, 2.05) is 31.5 Å². The third kappa shape index (κ3) is 3.18. The molecule has 5 nitrogen and oxygen atoms in total. The van der Waals surface area contributed by atoms with Crippen LogP contribution >= 0.6 is 11.3 Å². The molecule has 0 saturated carbocycles. The fourth-order valence-electron chi connectivity index (χ4n) is 2.43. The van der Waals surface area contributed by atoms with Crippen LogP contribution in [0.1, 0.15) is 27.7 Å². The second kappa shape index (κ2) is 6.89. The maximum atomic E-state index is 5.73. The van der Waals surface area contributed by atoms with Crippen molar-refractivity contribution in [1.82, 2.24) is 10.4 Å². The van der Waals surface area contributed by atoms with Gasteiger partial charge in [-0.3, -0.25) is 16.3 Å². The highest BCUT2D eigenvalue weighted by Crippen LogP contribution is 2.33. The second-order valence-corrected chi connectivity index (χ2v) is 5.77. The summed E-state index contributed by atoms with van der Waals surface area (Å²) in [6.07, 6.45) is 2.51. The molecule has 2 aromatic rings. The topological polar surface area (TPSA) is 69.4 Å². The molecule has 2 aromatic heterocycles. The highest BCUT2D eigenvalue weighted by molar-refractivity contribution is 7.10. The van der Waals surface area contributed by atoms with Gasteiger partial charge in [0.2, 0.25) is 0 Å². The Morgan fingerprint density at radius 1 is 1.33 bits per heavy atom. The molecule has 0 bridgehead atoms. The lowest BCUT2D eigenvalue weighted by molar-refractivity contribution is 0.400. The first kappa shape index (κ1) is 15.8. The molecule has 0 aliphatic heterocycles. The standard InChI is InChI=1S/C15H21N3O2S/c1-9-8-17-11(10(2)14(9)20-4)7-12(18-16)15-13(19-3)5-6-21-15/h5-6,8,12,18H,7,16H2,1-4H3. The summed E-state index contributed by atoms with van der Waals surface area (Å²) in [7, 11) is 3.34. The summed E-state index contributed by atoms with van der Waals surface area (Å²) >= 11 is 1.62. The number of ether oxygens (including phenoxy) is 2. The van der Waals surface area contributed by atoms with Crippen LogP contribution in [0.15, 0.2) is 17.6 Å². The van der Waals surface area contributed by atoms with E-state index in [-0.39, 0.29) is 6.04 Å². The quantitative estimate of drug-likeness (QED) is 0.634. The van der Waals surface area contributed by atoms with Crippen molar-refractivity contribution in [3.05, 3.63) is 39.3 Å². The van der Waals surface area contributed by atoms with E-state index in [9.17, 15) is 0 Å². The molecule has 114 valence electrons. The van der Waals surface area contributed by atoms with E-state index in [1.165, 1.54) is 0 Å². The van der Waals surface area contributed by atoms with Crippen molar-refractivity contribution >= 4 is 11.3 Å². The molecular weight excluding hydrogens is 286 g/mol. The largest absolute Gasteiger partial charge is 0.496 e. The lowest BCUT2D eigenvalue weighted by atomic mass is 10.0. The average Bonchev–Trinajstić information content (AvgIpc) is 2.95. The normalized spacial score (nSPS) is 12.2. The van der Waals surface area contributed by atoms with Gasteiger partial charge in [-0.05, 0) is 25.3 Å². The van der Waals surface area contributed by atoms with E-state index in [2.05, 4.69) is 10.4 Å². The van der Waals surface area contributed by atoms with Crippen LogP contribution in [0.3, 0.4) is 0 Å². The first-order valence-corrected chi connectivity index (χ1v) is 7.56. The first-order valence-electron chi connectivity index (χ1n) is 6.68. The number of methoxy groups -OCH3 is 2. The van der Waals surface area contributed by atoms with Crippen molar-refractivity contribution in [1.29, 1.82) is 0 Å². The van der Waals surface area contributed by atoms with Gasteiger partial charge in [-0.1, -0.05) is 0 Å². The molecule has 2 rings (SSSR count). The van der Waals surface area contributed by atoms with Gasteiger partial charge in [-0.2, -0.15) is 0 Å². The SMILES string of the molecule is COc1ccsc1C(Cc1ncc(C)c(OC)c1C)NN. The van der Waals surface area contributed by atoms with Crippen molar-refractivity contribution in [3.8, 4) is 11.5 Å². The van der Waals surface area contributed by atoms with E-state index in [4.69, 9.17) is 15.3 Å². The number of nitrogens with two attached hydrogens (primary N) is 1. The third-order valence-electron chi connectivity index (χ3n) is 3.54. The number of hydrazine groups is 1. The highest BCUT2D eigenvalue weighted by atomic mass is 32.1. The number of rotatable bonds is 6. The molecule has 1 unspecified atom stereocenters. The Bertz CT molecular complexity index is 613. The van der Waals surface area contributed by atoms with E-state index >= 15 is 0 Å². The minimum absolute atomic E-state index is 0.0430. The average molecular weight is 307 g/mol. The van der Waals surface area contributed by atoms with Crippen molar-refractivity contribution in [2.24, 2.45) is 5.84 Å². The summed E-state index contributed by atoms with van der Waals surface area (Å²) in [4.78, 5) is 5.60. The number of aromatic nitrogens is 1. The van der Waals surface area contributed by atoms with Crippen LogP contribution in [0.25, 0.3) is 0 Å². The Morgan fingerprint density at radius 3 is 2.71 bits per heavy atom. The van der Waals surface area contributed by atoms with Crippen LogP contribution < -0.4 is 20.7 Å². The number of nitrogens with one attached hydrogen (secondary N) is 1. The van der Waals surface area contributed by atoms with Crippen molar-refractivity contribution in [2.45, 2.75) is 26.3 Å². The number of hydrogen-bond donors (Lipinski definition) is 2. The van der Waals surface area contributed by atoms with Gasteiger partial charge in [0.25, 0.3) is 0 Å². The number of aryl methyl sites for hydroxylation is 1. The zero-order chi connectivity index (χ0) is 15.4. The Morgan fingerprint density at radius 2 is 2.10 bits per heavy atom. The van der Waals surface area contributed by atoms with E-state index in [0.29, 0.717) is 6.42 Å². The summed E-state index contributed by atoms with van der Waals surface area (Å²) in [6, 6.07) is 1.90. The molecule has 0 amide bonds. The number of thiophene rings is 1. The molecular formula is C15H21N3O2S. The molecule has 0 aliphatic rings. The maximum absolute atomic E-state index is 5.73. The fourth-order valence-corrected chi connectivity index (χ4v) is 3.35. The summed E-state index contributed by atoms with van der Waals surface area (Å²) in [5.41, 5.74) is 5.91. The third-order valence-corrected chi connectivity index (χ3v) is 4.55. The van der Waals surface area contributed by atoms with Crippen LogP contribution in [0.5, 0.6) is 11.5 Å². The van der Waals surface area contributed by atoms with Crippen LogP contribution in [-0.4, -0.2) is 19.2 Å². The van der Waals surface area contributed by atoms with Crippen LogP contribution in [0, 0.1) is 13.8 Å². The molecule has 0 aliphatic carbocycles. The molecule has 0 fully saturated rings. The van der Waals surface area contributed by atoms with Gasteiger partial charge in [-0.15, -0.1) is 11.3 Å². The summed E-state index contributed by atoms with van der Waals surface area (Å²) < 4.78 is 10.8. The maximum Gasteiger partial charge on any atom is 0.134 e. The van der Waals surface area contributed by atoms with Gasteiger partial charge < -0.3 is 9.47 Å². The predicted octanol–water partition coefficient (Wildman–Crippen LogP) is 2.52. The molecule has 0 aromatic carbocycles. The number of hydrogen-bond acceptors (Lipinski definition) is 6. The summed E-state index contributed by atoms with van der Waals surface area (Å²) in [5, 5.41) is 1.99. The van der Waals surface area contributed by atoms with Gasteiger partial charge in [0.15, 0.2) is 0 Å². The summed E-state index contributed by atoms with van der Waals surface area (Å²) in [5.74, 6) is 7.46. The Kier molecular flexibility index (Phi) is 5.17. The van der Waals surface area contributed by atoms with Crippen LogP contribution in [0.2, 0.25) is 0 Å². The number of pyridine rings is 1. The lowest BCUT2D eigenvalue weighted by Gasteiger charge is -2.18. The van der Waals surface area contributed by atoms with Crippen molar-refractivity contribution < 1.29 is 9.47 Å². The van der Waals surface area contributed by atoms with Gasteiger partial charge >= 0.3 is 0 Å². The molecule has 21 heavy (non-hydrogen) atoms. The van der Waals surface area contributed by atoms with Crippen molar-refractivity contribution in [2.75, 3.05) is 14.2 Å². The zero-order valence-electron chi connectivity index (χ0n) is 12.8. The highest BCUT2D eigenvalue weighted by Gasteiger charge is 2.20. The zero-order valence-corrected chi connectivity index (χ0v) is 13.6. The lowest BCUT2D eigenvalue weighted by Crippen LogP contribution is -2.29. The minimum Gasteiger partial charge on any atom is -0.496 e. The van der Waals surface area contributed by atoms with Crippen molar-refractivity contribution in [3.63, 3.8) is 0 Å². The monoisotopic (exact) mass is 307 g/mol. The van der Waals surface area contributed by atoms with E-state index in [1.54, 1.807) is 25.6 Å². The Balaban J connectivity index is 2.31. The summed E-state index contributed by atoms with van der Waals surface area (Å²) in [6.45, 7) is 4.01. The molecule has 3 N–H and O–H groups in total. The molecule has 2 heterocycles. The smallest absolute Gasteiger partial charge is 0.134 e. The van der Waals surface area contributed by atoms with Crippen LogP contribution in [0.4, 0.5) is 0 Å². The van der Waals surface area contributed by atoms with E-state index in [0.717, 1.165) is 33.2 Å². The van der Waals surface area contributed by atoms with E-state index < -0.39 is 0 Å². The molecule has 6 heteroatoms. The van der Waals surface area contributed by atoms with Gasteiger partial charge in [-0.25, -0.2) is 0 Å². The number of nitrogens with zero attached hydrogens (tertiary/aromatic N) is 1. The molecule has 0 saturated heterocycles. The van der Waals surface area contributed by atoms with Gasteiger partial charge in [0, 0.05) is 29.4 Å². The molecule has 0 radical (unpaired) electrons. The Hall–Kier alpha value is -1.63. The second-order valence-electron chi connectivity index (χ2n) is 4.82. The fraction of sp³-hybridized carbons (Fsp3) is 0.400. The van der Waals surface area contributed by atoms with Gasteiger partial charge in [0.05, 0.1) is 25.1 Å². The minimum atomic E-state index is -0.0430.